The van der Waals surface area contributed by atoms with Crippen molar-refractivity contribution in [2.45, 2.75) is 129 Å². The minimum absolute atomic E-state index is 0.00722. The summed E-state index contributed by atoms with van der Waals surface area (Å²) in [7, 11) is 0. The second-order valence-corrected chi connectivity index (χ2v) is 16.3. The molecule has 6 heterocycles. The lowest BCUT2D eigenvalue weighted by Gasteiger charge is -2.32. The van der Waals surface area contributed by atoms with E-state index in [-0.39, 0.29) is 34.4 Å². The van der Waals surface area contributed by atoms with Crippen molar-refractivity contribution in [3.05, 3.63) is 69.3 Å². The van der Waals surface area contributed by atoms with Gasteiger partial charge in [0.1, 0.15) is 29.5 Å². The lowest BCUT2D eigenvalue weighted by Crippen LogP contribution is -2.43. The van der Waals surface area contributed by atoms with Gasteiger partial charge in [0, 0.05) is 35.6 Å². The summed E-state index contributed by atoms with van der Waals surface area (Å²) < 4.78 is 50.1. The van der Waals surface area contributed by atoms with Crippen LogP contribution in [0.5, 0.6) is 6.01 Å². The van der Waals surface area contributed by atoms with Crippen molar-refractivity contribution in [1.82, 2.24) is 24.8 Å². The van der Waals surface area contributed by atoms with E-state index < -0.39 is 17.5 Å². The predicted octanol–water partition coefficient (Wildman–Crippen LogP) is 9.42. The summed E-state index contributed by atoms with van der Waals surface area (Å²) >= 11 is 0. The number of hydrogen-bond donors (Lipinski definition) is 2. The number of rotatable bonds is 15. The first-order valence-electron chi connectivity index (χ1n) is 22.1. The molecule has 0 aliphatic carbocycles. The molecule has 0 saturated carbocycles. The molecule has 3 aliphatic rings. The molecule has 60 heavy (non-hydrogen) atoms. The largest absolute Gasteiger partial charge is 0.519 e. The van der Waals surface area contributed by atoms with Gasteiger partial charge in [0.2, 0.25) is 0 Å². The first-order chi connectivity index (χ1) is 29.2. The quantitative estimate of drug-likeness (QED) is 0.0594. The Labute approximate surface area is 351 Å². The summed E-state index contributed by atoms with van der Waals surface area (Å²) in [4.78, 5) is 31.7. The number of terminal acetylenes is 1. The maximum absolute atomic E-state index is 17.4. The number of benzene rings is 2. The molecule has 2 fully saturated rings. The average Bonchev–Trinajstić information content (AvgIpc) is 3.93. The molecule has 11 nitrogen and oxygen atoms in total. The fourth-order valence-electron chi connectivity index (χ4n) is 9.55. The number of nitrogens with zero attached hydrogens (tertiary/aromatic N) is 5. The van der Waals surface area contributed by atoms with Crippen molar-refractivity contribution in [2.75, 3.05) is 43.8 Å². The molecule has 3 aliphatic heterocycles. The van der Waals surface area contributed by atoms with E-state index in [1.165, 1.54) is 6.07 Å². The highest BCUT2D eigenvalue weighted by Gasteiger charge is 2.45. The van der Waals surface area contributed by atoms with E-state index in [1.54, 1.807) is 18.2 Å². The van der Waals surface area contributed by atoms with E-state index in [0.29, 0.717) is 83.0 Å². The second kappa shape index (κ2) is 19.1. The highest BCUT2D eigenvalue weighted by molar-refractivity contribution is 6.04. The van der Waals surface area contributed by atoms with Crippen molar-refractivity contribution in [1.29, 1.82) is 0 Å². The van der Waals surface area contributed by atoms with E-state index in [9.17, 15) is 4.79 Å². The smallest absolute Gasteiger partial charge is 0.461 e. The average molecular weight is 824 g/mol. The van der Waals surface area contributed by atoms with Gasteiger partial charge in [0.05, 0.1) is 28.7 Å². The lowest BCUT2D eigenvalue weighted by atomic mass is 9.94. The Hall–Kier alpha value is -5.06. The Morgan fingerprint density at radius 1 is 1.02 bits per heavy atom. The SMILES string of the molecule is C#Cc1c(F)ccc2cc(N)cc(-c3nc4c5c(nc(OCC67CCCN6CCC7)nc5c3F)NC(CN(CCC)Cc3oc(=O)oc3CCCCCC)CCC4)c12.CC. The zero-order valence-electron chi connectivity index (χ0n) is 35.6. The molecule has 3 aromatic heterocycles. The number of nitrogen functional groups attached to an aromatic ring is 1. The van der Waals surface area contributed by atoms with Crippen LogP contribution in [0.3, 0.4) is 0 Å². The number of nitrogens with two attached hydrogens (primary N) is 1. The van der Waals surface area contributed by atoms with Crippen LogP contribution in [0.4, 0.5) is 20.3 Å². The fourth-order valence-corrected chi connectivity index (χ4v) is 9.55. The van der Waals surface area contributed by atoms with Gasteiger partial charge in [-0.1, -0.05) is 58.9 Å². The van der Waals surface area contributed by atoms with Crippen molar-refractivity contribution < 1.29 is 22.4 Å². The third-order valence-electron chi connectivity index (χ3n) is 12.3. The summed E-state index contributed by atoms with van der Waals surface area (Å²) in [5.74, 6) is 2.14. The minimum atomic E-state index is -0.694. The van der Waals surface area contributed by atoms with Gasteiger partial charge in [0.25, 0.3) is 0 Å². The van der Waals surface area contributed by atoms with Crippen LogP contribution in [0.2, 0.25) is 0 Å². The Kier molecular flexibility index (Phi) is 13.7. The molecule has 0 bridgehead atoms. The van der Waals surface area contributed by atoms with Crippen LogP contribution in [0.1, 0.15) is 121 Å². The second-order valence-electron chi connectivity index (χ2n) is 16.3. The van der Waals surface area contributed by atoms with Crippen LogP contribution >= 0.6 is 0 Å². The molecule has 320 valence electrons. The molecule has 1 atom stereocenters. The first kappa shape index (κ1) is 43.0. The maximum Gasteiger partial charge on any atom is 0.519 e. The van der Waals surface area contributed by atoms with Gasteiger partial charge in [-0.25, -0.2) is 18.6 Å². The van der Waals surface area contributed by atoms with E-state index in [2.05, 4.69) is 34.9 Å². The van der Waals surface area contributed by atoms with Crippen molar-refractivity contribution in [2.24, 2.45) is 0 Å². The number of nitrogens with one attached hydrogen (secondary N) is 1. The van der Waals surface area contributed by atoms with Crippen LogP contribution < -0.4 is 21.6 Å². The number of fused-ring (bicyclic) bond motifs is 2. The van der Waals surface area contributed by atoms with Gasteiger partial charge in [-0.05, 0) is 101 Å². The third kappa shape index (κ3) is 8.86. The van der Waals surface area contributed by atoms with Gasteiger partial charge in [0.15, 0.2) is 17.3 Å². The van der Waals surface area contributed by atoms with E-state index in [1.807, 2.05) is 13.8 Å². The Morgan fingerprint density at radius 2 is 1.80 bits per heavy atom. The van der Waals surface area contributed by atoms with Gasteiger partial charge in [-0.3, -0.25) is 9.80 Å². The monoisotopic (exact) mass is 823 g/mol. The van der Waals surface area contributed by atoms with Crippen LogP contribution in [0, 0.1) is 24.0 Å². The van der Waals surface area contributed by atoms with E-state index in [4.69, 9.17) is 40.7 Å². The molecule has 13 heteroatoms. The molecule has 2 saturated heterocycles. The molecule has 2 aromatic carbocycles. The van der Waals surface area contributed by atoms with E-state index >= 15 is 8.78 Å². The van der Waals surface area contributed by atoms with Crippen LogP contribution in [0.15, 0.2) is 37.9 Å². The minimum Gasteiger partial charge on any atom is -0.461 e. The Morgan fingerprint density at radius 3 is 2.55 bits per heavy atom. The summed E-state index contributed by atoms with van der Waals surface area (Å²) in [6, 6.07) is 6.15. The summed E-state index contributed by atoms with van der Waals surface area (Å²) in [5.41, 5.74) is 7.62. The molecule has 0 radical (unpaired) electrons. The number of ether oxygens (including phenoxy) is 1. The van der Waals surface area contributed by atoms with Crippen molar-refractivity contribution >= 4 is 33.2 Å². The summed E-state index contributed by atoms with van der Waals surface area (Å²) in [6.45, 7) is 12.6. The van der Waals surface area contributed by atoms with Gasteiger partial charge >= 0.3 is 11.8 Å². The van der Waals surface area contributed by atoms with E-state index in [0.717, 1.165) is 90.3 Å². The highest BCUT2D eigenvalue weighted by atomic mass is 19.1. The summed E-state index contributed by atoms with van der Waals surface area (Å²) in [6.07, 6.45) is 17.9. The topological polar surface area (TPSA) is 136 Å². The first-order valence-corrected chi connectivity index (χ1v) is 22.1. The highest BCUT2D eigenvalue weighted by Crippen LogP contribution is 2.42. The number of hydrogen-bond acceptors (Lipinski definition) is 11. The Bertz CT molecular complexity index is 2400. The molecule has 1 unspecified atom stereocenters. The van der Waals surface area contributed by atoms with Gasteiger partial charge < -0.3 is 24.6 Å². The number of pyridine rings is 1. The molecule has 8 rings (SSSR count). The van der Waals surface area contributed by atoms with Crippen LogP contribution in [-0.4, -0.2) is 69.1 Å². The molecule has 3 N–H and O–H groups in total. The molecular weight excluding hydrogens is 765 g/mol. The number of aryl methyl sites for hydroxylation is 2. The van der Waals surface area contributed by atoms with Crippen LogP contribution in [0.25, 0.3) is 32.9 Å². The number of anilines is 2. The van der Waals surface area contributed by atoms with Gasteiger partial charge in [-0.15, -0.1) is 6.42 Å². The van der Waals surface area contributed by atoms with Crippen LogP contribution in [-0.2, 0) is 19.4 Å². The van der Waals surface area contributed by atoms with Crippen molar-refractivity contribution in [3.8, 4) is 29.6 Å². The molecular formula is C47H59F2N7O4. The molecule has 0 spiro atoms. The third-order valence-corrected chi connectivity index (χ3v) is 12.3. The number of aromatic nitrogens is 3. The molecule has 0 amide bonds. The number of unbranched alkanes of at least 4 members (excludes halogenated alkanes) is 3. The van der Waals surface area contributed by atoms with Crippen molar-refractivity contribution in [3.63, 3.8) is 0 Å². The number of halogens is 2. The van der Waals surface area contributed by atoms with Gasteiger partial charge in [-0.2, -0.15) is 9.97 Å². The standard InChI is InChI=1S/C45H53F2N7O4.C2H6/c1-4-7-8-9-15-35-36(58-44(55)57-35)26-53(20-5-2)25-30-13-10-14-34-38-41(51-43(52-42(38)49-30)56-27-45-18-11-21-54(45)22-12-19-45)39(47)40(50-34)32-24-29(48)23-28-16-17-33(46)31(6-3)37(28)32;1-2/h3,16-17,23-24,30H,4-5,7-15,18-22,25-27,48H2,1-2H3,(H,49,51,52);1-2H3. The predicted molar refractivity (Wildman–Crippen MR) is 233 cm³/mol. The Balaban J connectivity index is 0.00000268. The zero-order valence-corrected chi connectivity index (χ0v) is 35.6. The normalized spacial score (nSPS) is 17.2. The zero-order chi connectivity index (χ0) is 42.4. The maximum atomic E-state index is 17.4. The fraction of sp³-hybridized carbons (Fsp3) is 0.532. The lowest BCUT2D eigenvalue weighted by molar-refractivity contribution is 0.108. The summed E-state index contributed by atoms with van der Waals surface area (Å²) in [5, 5.41) is 5.09. The molecule has 5 aromatic rings.